The van der Waals surface area contributed by atoms with Crippen molar-refractivity contribution in [3.8, 4) is 22.9 Å². The quantitative estimate of drug-likeness (QED) is 0.335. The largest absolute Gasteiger partial charge is 0.496 e. The van der Waals surface area contributed by atoms with Crippen molar-refractivity contribution in [2.45, 2.75) is 30.5 Å². The first kappa shape index (κ1) is 20.9. The molecule has 3 rings (SSSR count). The Labute approximate surface area is 172 Å². The lowest BCUT2D eigenvalue weighted by molar-refractivity contribution is -0.0498. The van der Waals surface area contributed by atoms with Gasteiger partial charge in [0.05, 0.1) is 12.7 Å². The summed E-state index contributed by atoms with van der Waals surface area (Å²) in [5.41, 5.74) is 1.81. The summed E-state index contributed by atoms with van der Waals surface area (Å²) in [6, 6.07) is 14.2. The highest BCUT2D eigenvalue weighted by Gasteiger charge is 2.19. The minimum Gasteiger partial charge on any atom is -0.496 e. The van der Waals surface area contributed by atoms with E-state index in [0.29, 0.717) is 18.1 Å². The first-order chi connectivity index (χ1) is 14.0. The number of rotatable bonds is 9. The van der Waals surface area contributed by atoms with E-state index in [1.165, 1.54) is 23.9 Å². The number of allylic oxidation sites excluding steroid dienone is 1. The maximum Gasteiger partial charge on any atom is 0.387 e. The molecule has 1 atom stereocenters. The molecule has 0 aliphatic heterocycles. The molecular weight excluding hydrogens is 396 g/mol. The van der Waals surface area contributed by atoms with Crippen molar-refractivity contribution in [1.82, 2.24) is 14.8 Å². The lowest BCUT2D eigenvalue weighted by Crippen LogP contribution is -2.03. The third-order valence-electron chi connectivity index (χ3n) is 4.23. The average molecular weight is 417 g/mol. The van der Waals surface area contributed by atoms with Gasteiger partial charge in [-0.15, -0.1) is 16.8 Å². The molecule has 3 aromatic rings. The van der Waals surface area contributed by atoms with E-state index < -0.39 is 6.61 Å². The van der Waals surface area contributed by atoms with Gasteiger partial charge in [-0.25, -0.2) is 0 Å². The lowest BCUT2D eigenvalue weighted by Gasteiger charge is -2.14. The van der Waals surface area contributed by atoms with Gasteiger partial charge in [0, 0.05) is 11.8 Å². The number of para-hydroxylation sites is 1. The Kier molecular flexibility index (Phi) is 6.87. The number of hydrogen-bond acceptors (Lipinski definition) is 5. The molecule has 0 saturated heterocycles. The van der Waals surface area contributed by atoms with Crippen molar-refractivity contribution in [3.05, 3.63) is 66.7 Å². The molecular formula is C21H21F2N3O2S. The van der Waals surface area contributed by atoms with Crippen molar-refractivity contribution >= 4 is 11.8 Å². The zero-order valence-electron chi connectivity index (χ0n) is 16.1. The van der Waals surface area contributed by atoms with E-state index in [0.717, 1.165) is 16.3 Å². The first-order valence-electron chi connectivity index (χ1n) is 8.92. The maximum atomic E-state index is 12.3. The Bertz CT molecular complexity index is 961. The summed E-state index contributed by atoms with van der Waals surface area (Å²) in [6.07, 6.45) is 1.79. The van der Waals surface area contributed by atoms with E-state index in [1.54, 1.807) is 25.3 Å². The van der Waals surface area contributed by atoms with Gasteiger partial charge >= 0.3 is 6.61 Å². The van der Waals surface area contributed by atoms with Gasteiger partial charge in [0.25, 0.3) is 0 Å². The molecule has 0 fully saturated rings. The number of alkyl halides is 2. The topological polar surface area (TPSA) is 49.2 Å². The molecule has 152 valence electrons. The SMILES string of the molecule is C=CCn1c(SC(C)c2ccc(OC(F)F)cc2)nnc1-c1ccccc1OC. The number of ether oxygens (including phenoxy) is 2. The Morgan fingerprint density at radius 1 is 1.14 bits per heavy atom. The molecule has 0 amide bonds. The summed E-state index contributed by atoms with van der Waals surface area (Å²) in [5.74, 6) is 1.54. The van der Waals surface area contributed by atoms with Crippen LogP contribution in [0.5, 0.6) is 11.5 Å². The summed E-state index contributed by atoms with van der Waals surface area (Å²) >= 11 is 1.52. The molecule has 29 heavy (non-hydrogen) atoms. The highest BCUT2D eigenvalue weighted by Crippen LogP contribution is 2.37. The van der Waals surface area contributed by atoms with Gasteiger partial charge in [0.1, 0.15) is 11.5 Å². The van der Waals surface area contributed by atoms with Crippen LogP contribution in [0.1, 0.15) is 17.7 Å². The van der Waals surface area contributed by atoms with Crippen LogP contribution in [0.2, 0.25) is 0 Å². The van der Waals surface area contributed by atoms with Crippen molar-refractivity contribution in [2.24, 2.45) is 0 Å². The van der Waals surface area contributed by atoms with Gasteiger partial charge in [0.2, 0.25) is 0 Å². The van der Waals surface area contributed by atoms with Gasteiger partial charge in [-0.05, 0) is 36.8 Å². The third-order valence-corrected chi connectivity index (χ3v) is 5.37. The fourth-order valence-electron chi connectivity index (χ4n) is 2.84. The molecule has 5 nitrogen and oxygen atoms in total. The van der Waals surface area contributed by atoms with Crippen molar-refractivity contribution in [3.63, 3.8) is 0 Å². The second-order valence-corrected chi connectivity index (χ2v) is 7.42. The van der Waals surface area contributed by atoms with E-state index >= 15 is 0 Å². The fourth-order valence-corrected chi connectivity index (χ4v) is 3.83. The number of hydrogen-bond donors (Lipinski definition) is 0. The maximum absolute atomic E-state index is 12.3. The fraction of sp³-hybridized carbons (Fsp3) is 0.238. The molecule has 0 saturated carbocycles. The number of nitrogens with zero attached hydrogens (tertiary/aromatic N) is 3. The van der Waals surface area contributed by atoms with Gasteiger partial charge in [-0.1, -0.05) is 42.1 Å². The minimum absolute atomic E-state index is 0.0221. The predicted molar refractivity (Wildman–Crippen MR) is 110 cm³/mol. The Morgan fingerprint density at radius 3 is 2.52 bits per heavy atom. The molecule has 1 unspecified atom stereocenters. The Hall–Kier alpha value is -2.87. The zero-order valence-corrected chi connectivity index (χ0v) is 16.9. The third kappa shape index (κ3) is 4.95. The molecule has 1 heterocycles. The monoisotopic (exact) mass is 417 g/mol. The number of halogens is 2. The number of benzene rings is 2. The molecule has 0 spiro atoms. The highest BCUT2D eigenvalue weighted by molar-refractivity contribution is 7.99. The van der Waals surface area contributed by atoms with Crippen LogP contribution in [0.25, 0.3) is 11.4 Å². The van der Waals surface area contributed by atoms with E-state index in [2.05, 4.69) is 21.5 Å². The van der Waals surface area contributed by atoms with Crippen LogP contribution in [0.4, 0.5) is 8.78 Å². The van der Waals surface area contributed by atoms with Crippen molar-refractivity contribution in [2.75, 3.05) is 7.11 Å². The van der Waals surface area contributed by atoms with E-state index in [4.69, 9.17) is 4.74 Å². The van der Waals surface area contributed by atoms with E-state index in [1.807, 2.05) is 35.8 Å². The zero-order chi connectivity index (χ0) is 20.8. The summed E-state index contributed by atoms with van der Waals surface area (Å²) < 4.78 is 36.5. The number of aromatic nitrogens is 3. The van der Waals surface area contributed by atoms with E-state index in [9.17, 15) is 8.78 Å². The molecule has 0 aliphatic rings. The molecule has 0 aliphatic carbocycles. The molecule has 1 aromatic heterocycles. The second-order valence-electron chi connectivity index (χ2n) is 6.11. The summed E-state index contributed by atoms with van der Waals surface area (Å²) in [5, 5.41) is 9.48. The van der Waals surface area contributed by atoms with Crippen LogP contribution < -0.4 is 9.47 Å². The van der Waals surface area contributed by atoms with Crippen LogP contribution in [0.15, 0.2) is 66.3 Å². The van der Waals surface area contributed by atoms with Crippen molar-refractivity contribution in [1.29, 1.82) is 0 Å². The highest BCUT2D eigenvalue weighted by atomic mass is 32.2. The van der Waals surface area contributed by atoms with Crippen LogP contribution in [0.3, 0.4) is 0 Å². The normalized spacial score (nSPS) is 12.0. The molecule has 0 radical (unpaired) electrons. The summed E-state index contributed by atoms with van der Waals surface area (Å²) in [4.78, 5) is 0. The molecule has 8 heteroatoms. The van der Waals surface area contributed by atoms with Crippen LogP contribution in [-0.2, 0) is 6.54 Å². The Balaban J connectivity index is 1.85. The van der Waals surface area contributed by atoms with Gasteiger partial charge in [-0.2, -0.15) is 8.78 Å². The first-order valence-corrected chi connectivity index (χ1v) is 9.80. The smallest absolute Gasteiger partial charge is 0.387 e. The van der Waals surface area contributed by atoms with Gasteiger partial charge in [0.15, 0.2) is 11.0 Å². The second kappa shape index (κ2) is 9.56. The van der Waals surface area contributed by atoms with E-state index in [-0.39, 0.29) is 11.0 Å². The van der Waals surface area contributed by atoms with Gasteiger partial charge in [-0.3, -0.25) is 4.57 Å². The standard InChI is InChI=1S/C21H21F2N3O2S/c1-4-13-26-19(17-7-5-6-8-18(17)27-3)24-25-21(26)29-14(2)15-9-11-16(12-10-15)28-20(22)23/h4-12,14,20H,1,13H2,2-3H3. The van der Waals surface area contributed by atoms with Crippen LogP contribution >= 0.6 is 11.8 Å². The predicted octanol–water partition coefficient (Wildman–Crippen LogP) is 5.59. The van der Waals surface area contributed by atoms with Crippen molar-refractivity contribution < 1.29 is 18.3 Å². The number of thioether (sulfide) groups is 1. The summed E-state index contributed by atoms with van der Waals surface area (Å²) in [7, 11) is 1.62. The summed E-state index contributed by atoms with van der Waals surface area (Å²) in [6.45, 7) is 3.55. The van der Waals surface area contributed by atoms with Gasteiger partial charge < -0.3 is 9.47 Å². The average Bonchev–Trinajstić information content (AvgIpc) is 3.10. The molecule has 2 aromatic carbocycles. The Morgan fingerprint density at radius 2 is 1.86 bits per heavy atom. The minimum atomic E-state index is -2.83. The van der Waals surface area contributed by atoms with Crippen LogP contribution in [-0.4, -0.2) is 28.5 Å². The molecule has 0 bridgehead atoms. The molecule has 0 N–H and O–H groups in total. The lowest BCUT2D eigenvalue weighted by atomic mass is 10.2. The number of methoxy groups -OCH3 is 1. The van der Waals surface area contributed by atoms with Crippen LogP contribution in [0, 0.1) is 0 Å².